The van der Waals surface area contributed by atoms with Gasteiger partial charge < -0.3 is 19.7 Å². The average molecular weight is 268 g/mol. The van der Waals surface area contributed by atoms with Crippen LogP contribution in [-0.4, -0.2) is 35.3 Å². The van der Waals surface area contributed by atoms with Crippen molar-refractivity contribution < 1.29 is 24.0 Å². The highest BCUT2D eigenvalue weighted by Crippen LogP contribution is 2.34. The molecule has 104 valence electrons. The maximum absolute atomic E-state index is 11.9. The number of aliphatic carboxylic acids is 1. The van der Waals surface area contributed by atoms with Gasteiger partial charge in [-0.3, -0.25) is 9.59 Å². The summed E-state index contributed by atoms with van der Waals surface area (Å²) in [4.78, 5) is 22.7. The Balaban J connectivity index is 1.95. The Morgan fingerprint density at radius 2 is 2.37 bits per heavy atom. The zero-order valence-electron chi connectivity index (χ0n) is 10.6. The molecule has 1 aliphatic carbocycles. The van der Waals surface area contributed by atoms with Crippen LogP contribution in [-0.2, 0) is 16.1 Å². The summed E-state index contributed by atoms with van der Waals surface area (Å²) in [7, 11) is 1.51. The first-order chi connectivity index (χ1) is 9.10. The number of carbonyl (C=O) groups excluding carboxylic acids is 1. The molecule has 0 aliphatic heterocycles. The SMILES string of the molecule is COCc1cc(C(=O)NC(CC(=O)O)C2CC2)no1. The van der Waals surface area contributed by atoms with E-state index in [1.54, 1.807) is 0 Å². The second-order valence-electron chi connectivity index (χ2n) is 4.63. The van der Waals surface area contributed by atoms with Crippen molar-refractivity contribution in [2.24, 2.45) is 5.92 Å². The second-order valence-corrected chi connectivity index (χ2v) is 4.63. The number of nitrogens with one attached hydrogen (secondary N) is 1. The first-order valence-electron chi connectivity index (χ1n) is 6.07. The van der Waals surface area contributed by atoms with Crippen molar-refractivity contribution in [3.8, 4) is 0 Å². The van der Waals surface area contributed by atoms with Crippen LogP contribution in [0.1, 0.15) is 35.5 Å². The van der Waals surface area contributed by atoms with Crippen LogP contribution in [0.4, 0.5) is 0 Å². The molecule has 1 amide bonds. The third-order valence-corrected chi connectivity index (χ3v) is 2.98. The van der Waals surface area contributed by atoms with Gasteiger partial charge in [0, 0.05) is 19.2 Å². The fourth-order valence-corrected chi connectivity index (χ4v) is 1.89. The highest BCUT2D eigenvalue weighted by molar-refractivity contribution is 5.92. The Bertz CT molecular complexity index is 466. The standard InChI is InChI=1S/C12H16N2O5/c1-18-6-8-4-10(14-19-8)12(17)13-9(5-11(15)16)7-2-3-7/h4,7,9H,2-3,5-6H2,1H3,(H,13,17)(H,15,16). The summed E-state index contributed by atoms with van der Waals surface area (Å²) in [6.45, 7) is 0.238. The molecule has 0 radical (unpaired) electrons. The van der Waals surface area contributed by atoms with E-state index >= 15 is 0 Å². The predicted octanol–water partition coefficient (Wildman–Crippen LogP) is 0.804. The fourth-order valence-electron chi connectivity index (χ4n) is 1.89. The number of hydrogen-bond acceptors (Lipinski definition) is 5. The van der Waals surface area contributed by atoms with Crippen LogP contribution in [0.15, 0.2) is 10.6 Å². The van der Waals surface area contributed by atoms with E-state index in [-0.39, 0.29) is 30.7 Å². The smallest absolute Gasteiger partial charge is 0.305 e. The van der Waals surface area contributed by atoms with Crippen molar-refractivity contribution >= 4 is 11.9 Å². The number of hydrogen-bond donors (Lipinski definition) is 2. The number of carboxylic acids is 1. The molecule has 1 aromatic rings. The third kappa shape index (κ3) is 3.78. The van der Waals surface area contributed by atoms with E-state index in [0.29, 0.717) is 5.76 Å². The monoisotopic (exact) mass is 268 g/mol. The van der Waals surface area contributed by atoms with Crippen LogP contribution in [0.25, 0.3) is 0 Å². The summed E-state index contributed by atoms with van der Waals surface area (Å²) in [5.41, 5.74) is 0.142. The van der Waals surface area contributed by atoms with Gasteiger partial charge in [0.25, 0.3) is 5.91 Å². The molecule has 1 aliphatic rings. The lowest BCUT2D eigenvalue weighted by Gasteiger charge is -2.14. The normalized spacial score (nSPS) is 16.1. The van der Waals surface area contributed by atoms with Crippen LogP contribution in [0, 0.1) is 5.92 Å². The molecular formula is C12H16N2O5. The van der Waals surface area contributed by atoms with Crippen molar-refractivity contribution in [3.05, 3.63) is 17.5 Å². The topological polar surface area (TPSA) is 102 Å². The summed E-state index contributed by atoms with van der Waals surface area (Å²) in [5, 5.41) is 15.1. The van der Waals surface area contributed by atoms with E-state index in [0.717, 1.165) is 12.8 Å². The minimum absolute atomic E-state index is 0.0703. The lowest BCUT2D eigenvalue weighted by atomic mass is 10.1. The molecule has 0 spiro atoms. The van der Waals surface area contributed by atoms with Crippen LogP contribution < -0.4 is 5.32 Å². The fraction of sp³-hybridized carbons (Fsp3) is 0.583. The minimum Gasteiger partial charge on any atom is -0.481 e. The summed E-state index contributed by atoms with van der Waals surface area (Å²) in [6.07, 6.45) is 1.83. The molecule has 1 fully saturated rings. The van der Waals surface area contributed by atoms with Gasteiger partial charge in [-0.15, -0.1) is 0 Å². The van der Waals surface area contributed by atoms with Gasteiger partial charge in [0.15, 0.2) is 11.5 Å². The number of ether oxygens (including phenoxy) is 1. The molecule has 19 heavy (non-hydrogen) atoms. The van der Waals surface area contributed by atoms with E-state index < -0.39 is 11.9 Å². The maximum Gasteiger partial charge on any atom is 0.305 e. The summed E-state index contributed by atoms with van der Waals surface area (Å²) in [5.74, 6) is -0.624. The number of aromatic nitrogens is 1. The molecule has 0 aromatic carbocycles. The molecule has 1 unspecified atom stereocenters. The molecule has 1 atom stereocenters. The van der Waals surface area contributed by atoms with Gasteiger partial charge in [0.05, 0.1) is 6.42 Å². The lowest BCUT2D eigenvalue weighted by Crippen LogP contribution is -2.38. The molecule has 1 aromatic heterocycles. The van der Waals surface area contributed by atoms with Gasteiger partial charge in [0.1, 0.15) is 6.61 Å². The molecule has 2 N–H and O–H groups in total. The van der Waals surface area contributed by atoms with E-state index in [4.69, 9.17) is 14.4 Å². The van der Waals surface area contributed by atoms with Crippen molar-refractivity contribution in [1.82, 2.24) is 10.5 Å². The quantitative estimate of drug-likeness (QED) is 0.758. The number of carbonyl (C=O) groups is 2. The van der Waals surface area contributed by atoms with E-state index in [1.165, 1.54) is 13.2 Å². The highest BCUT2D eigenvalue weighted by Gasteiger charge is 2.34. The van der Waals surface area contributed by atoms with Crippen LogP contribution in [0.5, 0.6) is 0 Å². The molecule has 1 saturated carbocycles. The van der Waals surface area contributed by atoms with E-state index in [9.17, 15) is 9.59 Å². The van der Waals surface area contributed by atoms with Gasteiger partial charge >= 0.3 is 5.97 Å². The lowest BCUT2D eigenvalue weighted by molar-refractivity contribution is -0.137. The van der Waals surface area contributed by atoms with Gasteiger partial charge in [0.2, 0.25) is 0 Å². The minimum atomic E-state index is -0.919. The Kier molecular flexibility index (Phi) is 4.16. The molecular weight excluding hydrogens is 252 g/mol. The second kappa shape index (κ2) is 5.83. The molecule has 2 rings (SSSR count). The van der Waals surface area contributed by atoms with Crippen molar-refractivity contribution in [3.63, 3.8) is 0 Å². The van der Waals surface area contributed by atoms with Gasteiger partial charge in [-0.2, -0.15) is 0 Å². The van der Waals surface area contributed by atoms with Gasteiger partial charge in [-0.05, 0) is 18.8 Å². The third-order valence-electron chi connectivity index (χ3n) is 2.98. The molecule has 1 heterocycles. The number of amides is 1. The summed E-state index contributed by atoms with van der Waals surface area (Å²) in [6, 6.07) is 1.15. The molecule has 0 bridgehead atoms. The van der Waals surface area contributed by atoms with Gasteiger partial charge in [-0.25, -0.2) is 0 Å². The van der Waals surface area contributed by atoms with E-state index in [1.807, 2.05) is 0 Å². The van der Waals surface area contributed by atoms with E-state index in [2.05, 4.69) is 10.5 Å². The largest absolute Gasteiger partial charge is 0.481 e. The van der Waals surface area contributed by atoms with Crippen molar-refractivity contribution in [1.29, 1.82) is 0 Å². The number of rotatable bonds is 7. The summed E-state index contributed by atoms with van der Waals surface area (Å²) >= 11 is 0. The van der Waals surface area contributed by atoms with Crippen molar-refractivity contribution in [2.45, 2.75) is 31.9 Å². The van der Waals surface area contributed by atoms with Crippen molar-refractivity contribution in [2.75, 3.05) is 7.11 Å². The zero-order chi connectivity index (χ0) is 13.8. The molecule has 0 saturated heterocycles. The predicted molar refractivity (Wildman–Crippen MR) is 63.4 cm³/mol. The highest BCUT2D eigenvalue weighted by atomic mass is 16.5. The first-order valence-corrected chi connectivity index (χ1v) is 6.07. The Morgan fingerprint density at radius 3 is 2.95 bits per heavy atom. The number of methoxy groups -OCH3 is 1. The van der Waals surface area contributed by atoms with Crippen LogP contribution in [0.3, 0.4) is 0 Å². The maximum atomic E-state index is 11.9. The molecule has 7 heteroatoms. The molecule has 7 nitrogen and oxygen atoms in total. The number of nitrogens with zero attached hydrogens (tertiary/aromatic N) is 1. The Morgan fingerprint density at radius 1 is 1.63 bits per heavy atom. The number of carboxylic acid groups (broad SMARTS) is 1. The average Bonchev–Trinajstić information content (AvgIpc) is 3.09. The first kappa shape index (κ1) is 13.5. The summed E-state index contributed by atoms with van der Waals surface area (Å²) < 4.78 is 9.77. The zero-order valence-corrected chi connectivity index (χ0v) is 10.6. The van der Waals surface area contributed by atoms with Gasteiger partial charge in [-0.1, -0.05) is 5.16 Å². The Labute approximate surface area is 109 Å². The van der Waals surface area contributed by atoms with Crippen LogP contribution >= 0.6 is 0 Å². The van der Waals surface area contributed by atoms with Crippen LogP contribution in [0.2, 0.25) is 0 Å². The Hall–Kier alpha value is -1.89.